The van der Waals surface area contributed by atoms with Crippen LogP contribution in [0.3, 0.4) is 0 Å². The number of quaternary nitrogens is 1. The third-order valence-electron chi connectivity index (χ3n) is 4.39. The van der Waals surface area contributed by atoms with Crippen molar-refractivity contribution in [2.75, 3.05) is 24.7 Å². The van der Waals surface area contributed by atoms with Gasteiger partial charge in [0.05, 0.1) is 28.7 Å². The molecule has 6 nitrogen and oxygen atoms in total. The van der Waals surface area contributed by atoms with E-state index in [1.807, 2.05) is 49.5 Å². The molecule has 1 heterocycles. The predicted molar refractivity (Wildman–Crippen MR) is 115 cm³/mol. The molecule has 2 atom stereocenters. The van der Waals surface area contributed by atoms with Crippen molar-refractivity contribution < 1.29 is 14.5 Å². The molecule has 28 heavy (non-hydrogen) atoms. The Morgan fingerprint density at radius 3 is 2.68 bits per heavy atom. The van der Waals surface area contributed by atoms with E-state index < -0.39 is 0 Å². The topological polar surface area (TPSA) is 89.5 Å². The van der Waals surface area contributed by atoms with E-state index in [1.54, 1.807) is 11.3 Å². The van der Waals surface area contributed by atoms with Crippen molar-refractivity contribution in [1.29, 1.82) is 0 Å². The van der Waals surface area contributed by atoms with Gasteiger partial charge < -0.3 is 16.0 Å². The van der Waals surface area contributed by atoms with Crippen molar-refractivity contribution in [3.8, 4) is 0 Å². The summed E-state index contributed by atoms with van der Waals surface area (Å²) in [5, 5.41) is 3.97. The lowest BCUT2D eigenvalue weighted by Gasteiger charge is -2.19. The minimum atomic E-state index is -0.389. The van der Waals surface area contributed by atoms with Crippen LogP contribution in [0.1, 0.15) is 18.0 Å². The monoisotopic (exact) mass is 415 g/mol. The van der Waals surface area contributed by atoms with Gasteiger partial charge >= 0.3 is 0 Å². The lowest BCUT2D eigenvalue weighted by Crippen LogP contribution is -3.10. The maximum Gasteiger partial charge on any atom is 0.279 e. The minimum Gasteiger partial charge on any atom is -0.369 e. The lowest BCUT2D eigenvalue weighted by molar-refractivity contribution is -0.902. The quantitative estimate of drug-likeness (QED) is 0.492. The summed E-state index contributed by atoms with van der Waals surface area (Å²) in [6, 6.07) is 15.6. The summed E-state index contributed by atoms with van der Waals surface area (Å²) in [5.74, 6) is -0.301. The molecule has 0 saturated carbocycles. The van der Waals surface area contributed by atoms with Gasteiger partial charge in [-0.3, -0.25) is 9.59 Å². The minimum absolute atomic E-state index is 0.0856. The van der Waals surface area contributed by atoms with Gasteiger partial charge in [-0.15, -0.1) is 23.1 Å². The first-order chi connectivity index (χ1) is 13.4. The molecule has 0 radical (unpaired) electrons. The van der Waals surface area contributed by atoms with Crippen molar-refractivity contribution in [1.82, 2.24) is 4.98 Å². The molecule has 3 aromatic rings. The number of benzene rings is 2. The fourth-order valence-electron chi connectivity index (χ4n) is 2.73. The zero-order valence-corrected chi connectivity index (χ0v) is 17.4. The Bertz CT molecular complexity index is 956. The van der Waals surface area contributed by atoms with Crippen molar-refractivity contribution in [3.05, 3.63) is 53.5 Å². The number of carbonyl (C=O) groups is 2. The first-order valence-electron chi connectivity index (χ1n) is 8.92. The molecule has 0 bridgehead atoms. The number of rotatable bonds is 8. The SMILES string of the molecule is C[C@H](c1nc2ccccc2s1)[NH+](C)CC(=O)Nc1ccccc1SCC(N)=O. The van der Waals surface area contributed by atoms with Crippen LogP contribution in [0.15, 0.2) is 53.4 Å². The van der Waals surface area contributed by atoms with Crippen LogP contribution in [0.25, 0.3) is 10.2 Å². The Morgan fingerprint density at radius 1 is 1.21 bits per heavy atom. The summed E-state index contributed by atoms with van der Waals surface area (Å²) >= 11 is 2.98. The molecule has 1 unspecified atom stereocenters. The second kappa shape index (κ2) is 9.18. The van der Waals surface area contributed by atoms with Gasteiger partial charge in [0.15, 0.2) is 11.6 Å². The van der Waals surface area contributed by atoms with Crippen molar-refractivity contribution in [2.45, 2.75) is 17.9 Å². The highest BCUT2D eigenvalue weighted by Gasteiger charge is 2.22. The number of carbonyl (C=O) groups excluding carboxylic acids is 2. The van der Waals surface area contributed by atoms with Crippen LogP contribution in [0.5, 0.6) is 0 Å². The molecule has 146 valence electrons. The Hall–Kier alpha value is -2.42. The van der Waals surface area contributed by atoms with Crippen LogP contribution in [0.4, 0.5) is 5.69 Å². The Labute approximate surface area is 172 Å². The number of anilines is 1. The highest BCUT2D eigenvalue weighted by Crippen LogP contribution is 2.27. The number of hydrogen-bond acceptors (Lipinski definition) is 5. The summed E-state index contributed by atoms with van der Waals surface area (Å²) in [6.07, 6.45) is 0. The summed E-state index contributed by atoms with van der Waals surface area (Å²) in [6.45, 7) is 2.39. The van der Waals surface area contributed by atoms with Crippen molar-refractivity contribution >= 4 is 50.8 Å². The van der Waals surface area contributed by atoms with Gasteiger partial charge in [0.1, 0.15) is 6.04 Å². The molecule has 2 amide bonds. The molecule has 0 fully saturated rings. The van der Waals surface area contributed by atoms with Crippen LogP contribution in [-0.2, 0) is 9.59 Å². The van der Waals surface area contributed by atoms with Gasteiger partial charge in [-0.2, -0.15) is 0 Å². The number of aromatic nitrogens is 1. The molecule has 1 aromatic heterocycles. The molecular weight excluding hydrogens is 392 g/mol. The van der Waals surface area contributed by atoms with Gasteiger partial charge in [-0.25, -0.2) is 4.98 Å². The standard InChI is InChI=1S/C20H22N4O2S2/c1-13(20-23-15-8-4-6-10-17(15)28-20)24(2)11-19(26)22-14-7-3-5-9-16(14)27-12-18(21)25/h3-10,13H,11-12H2,1-2H3,(H2,21,25)(H,22,26)/p+1/t13-/m1/s1. The zero-order valence-electron chi connectivity index (χ0n) is 15.8. The third-order valence-corrected chi connectivity index (χ3v) is 6.71. The number of nitrogens with two attached hydrogens (primary N) is 1. The fourth-order valence-corrected chi connectivity index (χ4v) is 4.59. The van der Waals surface area contributed by atoms with Gasteiger partial charge in [-0.1, -0.05) is 24.3 Å². The van der Waals surface area contributed by atoms with Crippen LogP contribution in [0, 0.1) is 0 Å². The summed E-state index contributed by atoms with van der Waals surface area (Å²) in [7, 11) is 1.99. The highest BCUT2D eigenvalue weighted by molar-refractivity contribution is 8.00. The molecule has 0 aliphatic heterocycles. The Balaban J connectivity index is 1.63. The molecule has 0 saturated heterocycles. The van der Waals surface area contributed by atoms with E-state index in [9.17, 15) is 9.59 Å². The Kier molecular flexibility index (Phi) is 6.66. The summed E-state index contributed by atoms with van der Waals surface area (Å²) in [4.78, 5) is 30.2. The summed E-state index contributed by atoms with van der Waals surface area (Å²) in [5.41, 5.74) is 6.90. The molecule has 3 rings (SSSR count). The number of nitrogens with one attached hydrogen (secondary N) is 2. The summed E-state index contributed by atoms with van der Waals surface area (Å²) < 4.78 is 1.15. The molecule has 4 N–H and O–H groups in total. The first kappa shape index (κ1) is 20.3. The number of thiazole rings is 1. The number of para-hydroxylation sites is 2. The molecule has 8 heteroatoms. The van der Waals surface area contributed by atoms with Gasteiger partial charge in [-0.05, 0) is 31.2 Å². The van der Waals surface area contributed by atoms with E-state index in [0.29, 0.717) is 12.2 Å². The normalized spacial score (nSPS) is 13.2. The zero-order chi connectivity index (χ0) is 20.1. The largest absolute Gasteiger partial charge is 0.369 e. The van der Waals surface area contributed by atoms with E-state index in [0.717, 1.165) is 25.0 Å². The molecule has 2 aromatic carbocycles. The average molecular weight is 416 g/mol. The highest BCUT2D eigenvalue weighted by atomic mass is 32.2. The van der Waals surface area contributed by atoms with Gasteiger partial charge in [0.2, 0.25) is 5.91 Å². The number of nitrogens with zero attached hydrogens (tertiary/aromatic N) is 1. The molecule has 0 spiro atoms. The van der Waals surface area contributed by atoms with Gasteiger partial charge in [0, 0.05) is 4.90 Å². The van der Waals surface area contributed by atoms with E-state index in [-0.39, 0.29) is 23.6 Å². The van der Waals surface area contributed by atoms with Crippen LogP contribution < -0.4 is 16.0 Å². The van der Waals surface area contributed by atoms with E-state index in [1.165, 1.54) is 11.8 Å². The van der Waals surface area contributed by atoms with Crippen molar-refractivity contribution in [2.24, 2.45) is 5.73 Å². The number of fused-ring (bicyclic) bond motifs is 1. The number of primary amides is 1. The van der Waals surface area contributed by atoms with Crippen LogP contribution >= 0.6 is 23.1 Å². The van der Waals surface area contributed by atoms with Crippen molar-refractivity contribution in [3.63, 3.8) is 0 Å². The van der Waals surface area contributed by atoms with E-state index in [4.69, 9.17) is 10.7 Å². The lowest BCUT2D eigenvalue weighted by atomic mass is 10.3. The van der Waals surface area contributed by atoms with Gasteiger partial charge in [0.25, 0.3) is 5.91 Å². The number of thioether (sulfide) groups is 1. The van der Waals surface area contributed by atoms with Crippen LogP contribution in [-0.4, -0.2) is 36.1 Å². The number of likely N-dealkylation sites (N-methyl/N-ethyl adjacent to an activating group) is 1. The first-order valence-corrected chi connectivity index (χ1v) is 10.7. The number of hydrogen-bond donors (Lipinski definition) is 3. The Morgan fingerprint density at radius 2 is 1.93 bits per heavy atom. The molecule has 0 aliphatic carbocycles. The molecular formula is C20H23N4O2S2+. The second-order valence-electron chi connectivity index (χ2n) is 6.56. The smallest absolute Gasteiger partial charge is 0.279 e. The maximum atomic E-state index is 12.6. The van der Waals surface area contributed by atoms with Crippen LogP contribution in [0.2, 0.25) is 0 Å². The average Bonchev–Trinajstić information content (AvgIpc) is 3.10. The second-order valence-corrected chi connectivity index (χ2v) is 8.64. The fraction of sp³-hybridized carbons (Fsp3) is 0.250. The third kappa shape index (κ3) is 5.09. The number of amides is 2. The maximum absolute atomic E-state index is 12.6. The van der Waals surface area contributed by atoms with E-state index >= 15 is 0 Å². The van der Waals surface area contributed by atoms with E-state index in [2.05, 4.69) is 18.3 Å². The predicted octanol–water partition coefficient (Wildman–Crippen LogP) is 2.09. The molecule has 0 aliphatic rings.